The summed E-state index contributed by atoms with van der Waals surface area (Å²) in [5.74, 6) is -0.943. The standard InChI is InChI=1S/C14H15N3O3/c18-13(16-11(14(19)20)7-9-4-5-9)10-8-15-17-6-2-1-3-12(10)17/h1-3,6,8-9,11H,4-5,7H2,(H,16,18)(H,19,20). The van der Waals surface area contributed by atoms with Gasteiger partial charge < -0.3 is 10.4 Å². The Morgan fingerprint density at radius 2 is 2.25 bits per heavy atom. The lowest BCUT2D eigenvalue weighted by Crippen LogP contribution is -2.41. The zero-order valence-electron chi connectivity index (χ0n) is 10.8. The average Bonchev–Trinajstić information content (AvgIpc) is 3.14. The number of rotatable bonds is 5. The van der Waals surface area contributed by atoms with Crippen LogP contribution in [0.15, 0.2) is 30.6 Å². The molecule has 2 aromatic rings. The SMILES string of the molecule is O=C(NC(CC1CC1)C(=O)O)c1cnn2ccccc12. The van der Waals surface area contributed by atoms with E-state index < -0.39 is 12.0 Å². The van der Waals surface area contributed by atoms with Crippen LogP contribution in [0.1, 0.15) is 29.6 Å². The number of pyridine rings is 1. The van der Waals surface area contributed by atoms with Gasteiger partial charge in [-0.2, -0.15) is 5.10 Å². The van der Waals surface area contributed by atoms with Crippen molar-refractivity contribution in [3.8, 4) is 0 Å². The van der Waals surface area contributed by atoms with Crippen molar-refractivity contribution >= 4 is 17.4 Å². The van der Waals surface area contributed by atoms with E-state index in [1.807, 2.05) is 12.1 Å². The summed E-state index contributed by atoms with van der Waals surface area (Å²) in [4.78, 5) is 23.4. The van der Waals surface area contributed by atoms with Crippen LogP contribution < -0.4 is 5.32 Å². The fraction of sp³-hybridized carbons (Fsp3) is 0.357. The predicted octanol–water partition coefficient (Wildman–Crippen LogP) is 1.32. The van der Waals surface area contributed by atoms with E-state index in [0.717, 1.165) is 12.8 Å². The summed E-state index contributed by atoms with van der Waals surface area (Å²) in [6.45, 7) is 0. The molecule has 0 aromatic carbocycles. The first-order valence-corrected chi connectivity index (χ1v) is 6.61. The highest BCUT2D eigenvalue weighted by Crippen LogP contribution is 2.33. The van der Waals surface area contributed by atoms with Gasteiger partial charge in [-0.15, -0.1) is 0 Å². The number of carboxylic acids is 1. The Bertz CT molecular complexity index is 660. The van der Waals surface area contributed by atoms with E-state index in [1.165, 1.54) is 6.20 Å². The van der Waals surface area contributed by atoms with Gasteiger partial charge in [0.1, 0.15) is 6.04 Å². The molecule has 3 rings (SSSR count). The minimum atomic E-state index is -0.985. The van der Waals surface area contributed by atoms with E-state index in [9.17, 15) is 14.7 Å². The molecule has 0 bridgehead atoms. The molecule has 104 valence electrons. The van der Waals surface area contributed by atoms with Gasteiger partial charge in [-0.3, -0.25) is 4.79 Å². The second-order valence-corrected chi connectivity index (χ2v) is 5.13. The molecule has 2 N–H and O–H groups in total. The molecule has 1 aliphatic rings. The summed E-state index contributed by atoms with van der Waals surface area (Å²) in [7, 11) is 0. The Kier molecular flexibility index (Phi) is 3.14. The molecule has 1 fully saturated rings. The highest BCUT2D eigenvalue weighted by Gasteiger charge is 2.30. The highest BCUT2D eigenvalue weighted by atomic mass is 16.4. The quantitative estimate of drug-likeness (QED) is 0.860. The second-order valence-electron chi connectivity index (χ2n) is 5.13. The number of hydrogen-bond acceptors (Lipinski definition) is 3. The van der Waals surface area contributed by atoms with Gasteiger partial charge in [-0.1, -0.05) is 18.9 Å². The van der Waals surface area contributed by atoms with Crippen molar-refractivity contribution in [2.75, 3.05) is 0 Å². The second kappa shape index (κ2) is 4.96. The molecule has 2 aromatic heterocycles. The lowest BCUT2D eigenvalue weighted by atomic mass is 10.1. The molecule has 1 atom stereocenters. The molecule has 0 aliphatic heterocycles. The number of nitrogens with one attached hydrogen (secondary N) is 1. The smallest absolute Gasteiger partial charge is 0.326 e. The van der Waals surface area contributed by atoms with Crippen LogP contribution in [0, 0.1) is 5.92 Å². The molecule has 0 saturated heterocycles. The maximum absolute atomic E-state index is 12.2. The Morgan fingerprint density at radius 3 is 2.95 bits per heavy atom. The van der Waals surface area contributed by atoms with E-state index in [0.29, 0.717) is 23.4 Å². The molecule has 1 aliphatic carbocycles. The Labute approximate surface area is 115 Å². The van der Waals surface area contributed by atoms with Gasteiger partial charge in [0.25, 0.3) is 5.91 Å². The lowest BCUT2D eigenvalue weighted by Gasteiger charge is -2.13. The van der Waals surface area contributed by atoms with Gasteiger partial charge in [0.15, 0.2) is 0 Å². The number of nitrogens with zero attached hydrogens (tertiary/aromatic N) is 2. The molecule has 0 spiro atoms. The predicted molar refractivity (Wildman–Crippen MR) is 71.4 cm³/mol. The molecule has 6 heteroatoms. The monoisotopic (exact) mass is 273 g/mol. The van der Waals surface area contributed by atoms with E-state index in [-0.39, 0.29) is 5.91 Å². The Morgan fingerprint density at radius 1 is 1.45 bits per heavy atom. The third-order valence-electron chi connectivity index (χ3n) is 3.54. The van der Waals surface area contributed by atoms with Crippen LogP contribution in [-0.4, -0.2) is 32.6 Å². The van der Waals surface area contributed by atoms with Crippen LogP contribution in [0.25, 0.3) is 5.52 Å². The van der Waals surface area contributed by atoms with Crippen LogP contribution in [-0.2, 0) is 4.79 Å². The van der Waals surface area contributed by atoms with Gasteiger partial charge in [-0.05, 0) is 24.5 Å². The maximum Gasteiger partial charge on any atom is 0.326 e. The number of aromatic nitrogens is 2. The van der Waals surface area contributed by atoms with Gasteiger partial charge in [0, 0.05) is 6.20 Å². The Balaban J connectivity index is 1.78. The zero-order chi connectivity index (χ0) is 14.1. The molecular formula is C14H15N3O3. The number of carboxylic acid groups (broad SMARTS) is 1. The fourth-order valence-corrected chi connectivity index (χ4v) is 2.25. The number of fused-ring (bicyclic) bond motifs is 1. The minimum Gasteiger partial charge on any atom is -0.480 e. The van der Waals surface area contributed by atoms with Crippen molar-refractivity contribution in [2.45, 2.75) is 25.3 Å². The number of aliphatic carboxylic acids is 1. The van der Waals surface area contributed by atoms with E-state index in [4.69, 9.17) is 0 Å². The van der Waals surface area contributed by atoms with Gasteiger partial charge in [-0.25, -0.2) is 9.31 Å². The van der Waals surface area contributed by atoms with Crippen molar-refractivity contribution in [3.05, 3.63) is 36.2 Å². The molecule has 1 saturated carbocycles. The third-order valence-corrected chi connectivity index (χ3v) is 3.54. The molecular weight excluding hydrogens is 258 g/mol. The maximum atomic E-state index is 12.2. The summed E-state index contributed by atoms with van der Waals surface area (Å²) >= 11 is 0. The van der Waals surface area contributed by atoms with Gasteiger partial charge in [0.2, 0.25) is 0 Å². The molecule has 2 heterocycles. The number of carbonyl (C=O) groups is 2. The van der Waals surface area contributed by atoms with E-state index >= 15 is 0 Å². The topological polar surface area (TPSA) is 83.7 Å². The van der Waals surface area contributed by atoms with E-state index in [1.54, 1.807) is 16.8 Å². The molecule has 6 nitrogen and oxygen atoms in total. The van der Waals surface area contributed by atoms with Crippen molar-refractivity contribution in [1.82, 2.24) is 14.9 Å². The fourth-order valence-electron chi connectivity index (χ4n) is 2.25. The number of carbonyl (C=O) groups excluding carboxylic acids is 1. The third kappa shape index (κ3) is 2.49. The number of amides is 1. The van der Waals surface area contributed by atoms with Crippen molar-refractivity contribution in [3.63, 3.8) is 0 Å². The average molecular weight is 273 g/mol. The van der Waals surface area contributed by atoms with Crippen LogP contribution in [0.3, 0.4) is 0 Å². The molecule has 20 heavy (non-hydrogen) atoms. The normalized spacial score (nSPS) is 16.0. The van der Waals surface area contributed by atoms with Crippen molar-refractivity contribution in [2.24, 2.45) is 5.92 Å². The van der Waals surface area contributed by atoms with Crippen molar-refractivity contribution in [1.29, 1.82) is 0 Å². The summed E-state index contributed by atoms with van der Waals surface area (Å²) < 4.78 is 1.59. The largest absolute Gasteiger partial charge is 0.480 e. The highest BCUT2D eigenvalue weighted by molar-refractivity contribution is 6.02. The molecule has 1 amide bonds. The first-order chi connectivity index (χ1) is 9.65. The van der Waals surface area contributed by atoms with Crippen LogP contribution in [0.2, 0.25) is 0 Å². The zero-order valence-corrected chi connectivity index (χ0v) is 10.8. The van der Waals surface area contributed by atoms with Crippen LogP contribution in [0.5, 0.6) is 0 Å². The lowest BCUT2D eigenvalue weighted by molar-refractivity contribution is -0.139. The summed E-state index contributed by atoms with van der Waals surface area (Å²) in [6.07, 6.45) is 5.80. The van der Waals surface area contributed by atoms with Crippen LogP contribution in [0.4, 0.5) is 0 Å². The summed E-state index contributed by atoms with van der Waals surface area (Å²) in [5, 5.41) is 15.8. The van der Waals surface area contributed by atoms with Crippen LogP contribution >= 0.6 is 0 Å². The minimum absolute atomic E-state index is 0.390. The summed E-state index contributed by atoms with van der Waals surface area (Å²) in [6, 6.07) is 4.58. The number of hydrogen-bond donors (Lipinski definition) is 2. The van der Waals surface area contributed by atoms with Crippen molar-refractivity contribution < 1.29 is 14.7 Å². The Hall–Kier alpha value is -2.37. The molecule has 0 radical (unpaired) electrons. The molecule has 1 unspecified atom stereocenters. The first-order valence-electron chi connectivity index (χ1n) is 6.61. The van der Waals surface area contributed by atoms with Gasteiger partial charge >= 0.3 is 5.97 Å². The first kappa shape index (κ1) is 12.7. The van der Waals surface area contributed by atoms with Gasteiger partial charge in [0.05, 0.1) is 17.3 Å². The van der Waals surface area contributed by atoms with E-state index in [2.05, 4.69) is 10.4 Å². The summed E-state index contributed by atoms with van der Waals surface area (Å²) in [5.41, 5.74) is 1.06.